The maximum atomic E-state index is 13.6. The van der Waals surface area contributed by atoms with Crippen LogP contribution in [0.4, 0.5) is 17.6 Å². The fourth-order valence-corrected chi connectivity index (χ4v) is 3.96. The number of benzene rings is 1. The molecule has 11 nitrogen and oxygen atoms in total. The van der Waals surface area contributed by atoms with E-state index in [2.05, 4.69) is 25.5 Å². The standard InChI is InChI=1S/C20H17ClN10O/c21-12-2-1-3-13-14(12)19(32)31(10-7-25-26-8-10)18(27-13)15(9-4-5-9)28-17-11(6-22)16(23)29-20(24)30-17/h1-3,7-9,15H,4-5H2,(H,25,26)(H5,23,24,28,29,30). The number of hydrogen-bond acceptors (Lipinski definition) is 9. The van der Waals surface area contributed by atoms with Crippen molar-refractivity contribution in [2.45, 2.75) is 18.9 Å². The van der Waals surface area contributed by atoms with Gasteiger partial charge in [0, 0.05) is 6.20 Å². The van der Waals surface area contributed by atoms with Gasteiger partial charge in [-0.1, -0.05) is 17.7 Å². The normalized spacial score (nSPS) is 14.2. The Balaban J connectivity index is 1.75. The van der Waals surface area contributed by atoms with Crippen LogP contribution < -0.4 is 22.3 Å². The first-order chi connectivity index (χ1) is 15.5. The van der Waals surface area contributed by atoms with E-state index in [1.165, 1.54) is 10.8 Å². The summed E-state index contributed by atoms with van der Waals surface area (Å²) in [5.74, 6) is 0.689. The van der Waals surface area contributed by atoms with Gasteiger partial charge in [-0.3, -0.25) is 14.5 Å². The molecule has 12 heteroatoms. The van der Waals surface area contributed by atoms with Gasteiger partial charge in [-0.2, -0.15) is 20.3 Å². The molecule has 5 rings (SSSR count). The lowest BCUT2D eigenvalue weighted by Crippen LogP contribution is -2.29. The van der Waals surface area contributed by atoms with Gasteiger partial charge in [0.1, 0.15) is 23.3 Å². The Morgan fingerprint density at radius 1 is 1.28 bits per heavy atom. The van der Waals surface area contributed by atoms with Crippen LogP contribution in [0, 0.1) is 17.2 Å². The van der Waals surface area contributed by atoms with Gasteiger partial charge in [0.25, 0.3) is 5.56 Å². The molecular weight excluding hydrogens is 432 g/mol. The first kappa shape index (κ1) is 19.8. The lowest BCUT2D eigenvalue weighted by Gasteiger charge is -2.23. The number of nitrogen functional groups attached to an aromatic ring is 2. The minimum absolute atomic E-state index is 0.0254. The molecule has 0 amide bonds. The highest BCUT2D eigenvalue weighted by molar-refractivity contribution is 6.35. The Morgan fingerprint density at radius 3 is 2.78 bits per heavy atom. The smallest absolute Gasteiger partial charge is 0.267 e. The highest BCUT2D eigenvalue weighted by Crippen LogP contribution is 2.43. The Morgan fingerprint density at radius 2 is 2.09 bits per heavy atom. The fourth-order valence-electron chi connectivity index (χ4n) is 3.71. The van der Waals surface area contributed by atoms with E-state index in [-0.39, 0.29) is 34.6 Å². The van der Waals surface area contributed by atoms with Crippen LogP contribution >= 0.6 is 11.6 Å². The second-order valence-electron chi connectivity index (χ2n) is 7.46. The summed E-state index contributed by atoms with van der Waals surface area (Å²) in [5, 5.41) is 20.1. The number of aromatic amines is 1. The third-order valence-corrected chi connectivity index (χ3v) is 5.66. The summed E-state index contributed by atoms with van der Waals surface area (Å²) in [4.78, 5) is 26.4. The van der Waals surface area contributed by atoms with Crippen molar-refractivity contribution in [2.75, 3.05) is 16.8 Å². The quantitative estimate of drug-likeness (QED) is 0.356. The number of rotatable bonds is 5. The van der Waals surface area contributed by atoms with Gasteiger partial charge < -0.3 is 16.8 Å². The van der Waals surface area contributed by atoms with E-state index < -0.39 is 6.04 Å². The maximum absolute atomic E-state index is 13.6. The molecule has 0 radical (unpaired) electrons. The van der Waals surface area contributed by atoms with Crippen LogP contribution in [0.3, 0.4) is 0 Å². The molecule has 0 aliphatic heterocycles. The Labute approximate surface area is 186 Å². The Hall–Kier alpha value is -4.17. The van der Waals surface area contributed by atoms with Crippen LogP contribution in [-0.2, 0) is 0 Å². The average Bonchev–Trinajstić information content (AvgIpc) is 3.45. The van der Waals surface area contributed by atoms with E-state index in [0.29, 0.717) is 27.4 Å². The van der Waals surface area contributed by atoms with Crippen molar-refractivity contribution in [3.8, 4) is 11.8 Å². The van der Waals surface area contributed by atoms with E-state index in [0.717, 1.165) is 12.8 Å². The SMILES string of the molecule is N#Cc1c(N)nc(N)nc1NC(c1nc2cccc(Cl)c2c(=O)n1-c1cn[nH]c1)C1CC1. The number of nitrogens with two attached hydrogens (primary N) is 2. The molecule has 1 aromatic carbocycles. The predicted molar refractivity (Wildman–Crippen MR) is 119 cm³/mol. The third kappa shape index (κ3) is 3.27. The Bertz CT molecular complexity index is 1440. The second kappa shape index (κ2) is 7.51. The summed E-state index contributed by atoms with van der Waals surface area (Å²) in [7, 11) is 0. The van der Waals surface area contributed by atoms with Crippen LogP contribution in [0.1, 0.15) is 30.3 Å². The number of nitrogens with one attached hydrogen (secondary N) is 2. The molecule has 3 heterocycles. The summed E-state index contributed by atoms with van der Waals surface area (Å²) < 4.78 is 1.47. The molecule has 6 N–H and O–H groups in total. The topological polar surface area (TPSA) is 177 Å². The van der Waals surface area contributed by atoms with Crippen LogP contribution in [0.15, 0.2) is 35.4 Å². The van der Waals surface area contributed by atoms with Crippen molar-refractivity contribution in [3.63, 3.8) is 0 Å². The van der Waals surface area contributed by atoms with E-state index in [4.69, 9.17) is 28.1 Å². The Kier molecular flexibility index (Phi) is 4.64. The van der Waals surface area contributed by atoms with Gasteiger partial charge in [-0.05, 0) is 30.9 Å². The molecule has 1 aliphatic carbocycles. The zero-order valence-corrected chi connectivity index (χ0v) is 17.3. The lowest BCUT2D eigenvalue weighted by atomic mass is 10.1. The molecule has 0 saturated heterocycles. The van der Waals surface area contributed by atoms with E-state index in [1.54, 1.807) is 24.4 Å². The molecular formula is C20H17ClN10O. The van der Waals surface area contributed by atoms with Crippen molar-refractivity contribution in [3.05, 3.63) is 57.4 Å². The van der Waals surface area contributed by atoms with Crippen LogP contribution in [0.2, 0.25) is 5.02 Å². The number of halogens is 1. The van der Waals surface area contributed by atoms with Gasteiger partial charge in [-0.15, -0.1) is 0 Å². The second-order valence-corrected chi connectivity index (χ2v) is 7.87. The minimum Gasteiger partial charge on any atom is -0.382 e. The van der Waals surface area contributed by atoms with Crippen molar-refractivity contribution in [2.24, 2.45) is 5.92 Å². The molecule has 1 unspecified atom stereocenters. The molecule has 1 atom stereocenters. The number of nitriles is 1. The van der Waals surface area contributed by atoms with Crippen LogP contribution in [-0.4, -0.2) is 29.7 Å². The average molecular weight is 449 g/mol. The van der Waals surface area contributed by atoms with Crippen molar-refractivity contribution in [1.82, 2.24) is 29.7 Å². The number of hydrogen-bond donors (Lipinski definition) is 4. The molecule has 4 aromatic rings. The molecule has 160 valence electrons. The molecule has 0 bridgehead atoms. The fraction of sp³-hybridized carbons (Fsp3) is 0.200. The summed E-state index contributed by atoms with van der Waals surface area (Å²) >= 11 is 6.33. The van der Waals surface area contributed by atoms with Crippen LogP contribution in [0.25, 0.3) is 16.6 Å². The molecule has 1 saturated carbocycles. The number of H-pyrrole nitrogens is 1. The molecule has 0 spiro atoms. The highest BCUT2D eigenvalue weighted by Gasteiger charge is 2.37. The maximum Gasteiger partial charge on any atom is 0.267 e. The molecule has 1 fully saturated rings. The molecule has 32 heavy (non-hydrogen) atoms. The predicted octanol–water partition coefficient (Wildman–Crippen LogP) is 2.15. The monoisotopic (exact) mass is 448 g/mol. The number of anilines is 3. The third-order valence-electron chi connectivity index (χ3n) is 5.34. The number of fused-ring (bicyclic) bond motifs is 1. The summed E-state index contributed by atoms with van der Waals surface area (Å²) in [6.07, 6.45) is 4.94. The van der Waals surface area contributed by atoms with Crippen molar-refractivity contribution in [1.29, 1.82) is 5.26 Å². The van der Waals surface area contributed by atoms with Gasteiger partial charge in [0.05, 0.1) is 33.9 Å². The zero-order valence-electron chi connectivity index (χ0n) is 16.6. The molecule has 3 aromatic heterocycles. The minimum atomic E-state index is -0.457. The number of aromatic nitrogens is 6. The summed E-state index contributed by atoms with van der Waals surface area (Å²) in [6.45, 7) is 0. The van der Waals surface area contributed by atoms with E-state index in [9.17, 15) is 10.1 Å². The van der Waals surface area contributed by atoms with Gasteiger partial charge in [0.2, 0.25) is 5.95 Å². The summed E-state index contributed by atoms with van der Waals surface area (Å²) in [6, 6.07) is 6.67. The first-order valence-electron chi connectivity index (χ1n) is 9.78. The highest BCUT2D eigenvalue weighted by atomic mass is 35.5. The van der Waals surface area contributed by atoms with Crippen LogP contribution in [0.5, 0.6) is 0 Å². The van der Waals surface area contributed by atoms with E-state index >= 15 is 0 Å². The largest absolute Gasteiger partial charge is 0.382 e. The van der Waals surface area contributed by atoms with E-state index in [1.807, 2.05) is 6.07 Å². The zero-order chi connectivity index (χ0) is 22.4. The van der Waals surface area contributed by atoms with Crippen molar-refractivity contribution < 1.29 is 0 Å². The summed E-state index contributed by atoms with van der Waals surface area (Å²) in [5.41, 5.74) is 12.4. The van der Waals surface area contributed by atoms with Gasteiger partial charge >= 0.3 is 0 Å². The number of nitrogens with zero attached hydrogens (tertiary/aromatic N) is 6. The van der Waals surface area contributed by atoms with Gasteiger partial charge in [-0.25, -0.2) is 4.98 Å². The lowest BCUT2D eigenvalue weighted by molar-refractivity contribution is 0.609. The first-order valence-corrected chi connectivity index (χ1v) is 10.2. The molecule has 1 aliphatic rings. The van der Waals surface area contributed by atoms with Gasteiger partial charge in [0.15, 0.2) is 5.82 Å². The van der Waals surface area contributed by atoms with Crippen molar-refractivity contribution >= 4 is 40.1 Å².